The van der Waals surface area contributed by atoms with E-state index in [1.54, 1.807) is 32.2 Å². The maximum atomic E-state index is 12.6. The van der Waals surface area contributed by atoms with E-state index in [9.17, 15) is 9.59 Å². The molecule has 0 unspecified atom stereocenters. The Bertz CT molecular complexity index is 1110. The summed E-state index contributed by atoms with van der Waals surface area (Å²) in [6, 6.07) is 16.5. The van der Waals surface area contributed by atoms with Gasteiger partial charge in [0, 0.05) is 5.56 Å². The van der Waals surface area contributed by atoms with E-state index in [-0.39, 0.29) is 5.91 Å². The highest BCUT2D eigenvalue weighted by Gasteiger charge is 2.17. The monoisotopic (exact) mass is 436 g/mol. The number of ether oxygens (including phenoxy) is 3. The highest BCUT2D eigenvalue weighted by Crippen LogP contribution is 2.28. The topological polar surface area (TPSA) is 85.9 Å². The van der Waals surface area contributed by atoms with Crippen LogP contribution in [0.25, 0.3) is 10.8 Å². The van der Waals surface area contributed by atoms with Crippen molar-refractivity contribution in [2.75, 3.05) is 20.8 Å². The van der Waals surface area contributed by atoms with Gasteiger partial charge in [0.15, 0.2) is 11.5 Å². The predicted molar refractivity (Wildman–Crippen MR) is 123 cm³/mol. The number of hydrogen-bond donors (Lipinski definition) is 2. The Morgan fingerprint density at radius 1 is 0.875 bits per heavy atom. The van der Waals surface area contributed by atoms with E-state index in [1.807, 2.05) is 43.3 Å². The van der Waals surface area contributed by atoms with Gasteiger partial charge in [-0.05, 0) is 60.0 Å². The summed E-state index contributed by atoms with van der Waals surface area (Å²) in [4.78, 5) is 25.1. The summed E-state index contributed by atoms with van der Waals surface area (Å²) >= 11 is 0. The van der Waals surface area contributed by atoms with Crippen LogP contribution in [-0.4, -0.2) is 32.6 Å². The minimum Gasteiger partial charge on any atom is -0.497 e. The first-order valence-corrected chi connectivity index (χ1v) is 10.5. The third-order valence-corrected chi connectivity index (χ3v) is 5.15. The van der Waals surface area contributed by atoms with Crippen molar-refractivity contribution in [2.45, 2.75) is 26.2 Å². The van der Waals surface area contributed by atoms with Crippen LogP contribution in [0.4, 0.5) is 0 Å². The number of nitrogens with one attached hydrogen (secondary N) is 2. The quantitative estimate of drug-likeness (QED) is 0.517. The molecule has 0 heterocycles. The second-order valence-electron chi connectivity index (χ2n) is 7.35. The average Bonchev–Trinajstić information content (AvgIpc) is 2.84. The summed E-state index contributed by atoms with van der Waals surface area (Å²) in [7, 11) is 3.14. The van der Waals surface area contributed by atoms with Crippen molar-refractivity contribution in [2.24, 2.45) is 0 Å². The van der Waals surface area contributed by atoms with Gasteiger partial charge in [-0.3, -0.25) is 20.4 Å². The second-order valence-corrected chi connectivity index (χ2v) is 7.35. The number of amides is 2. The average molecular weight is 437 g/mol. The highest BCUT2D eigenvalue weighted by atomic mass is 16.5. The zero-order valence-electron chi connectivity index (χ0n) is 18.7. The van der Waals surface area contributed by atoms with Crippen molar-refractivity contribution in [3.63, 3.8) is 0 Å². The van der Waals surface area contributed by atoms with Gasteiger partial charge in [0.25, 0.3) is 5.91 Å². The van der Waals surface area contributed by atoms with Crippen LogP contribution in [0.1, 0.15) is 42.1 Å². The third-order valence-electron chi connectivity index (χ3n) is 5.15. The number of hydrogen-bond acceptors (Lipinski definition) is 5. The first-order valence-electron chi connectivity index (χ1n) is 10.5. The lowest BCUT2D eigenvalue weighted by molar-refractivity contribution is -0.123. The molecule has 0 bridgehead atoms. The number of carbonyl (C=O) groups excluding carboxylic acids is 2. The fraction of sp³-hybridized carbons (Fsp3) is 0.280. The second kappa shape index (κ2) is 10.5. The normalized spacial score (nSPS) is 11.5. The number of methoxy groups -OCH3 is 2. The van der Waals surface area contributed by atoms with Crippen LogP contribution >= 0.6 is 0 Å². The van der Waals surface area contributed by atoms with Crippen molar-refractivity contribution in [1.29, 1.82) is 0 Å². The highest BCUT2D eigenvalue weighted by molar-refractivity contribution is 5.96. The summed E-state index contributed by atoms with van der Waals surface area (Å²) in [5.41, 5.74) is 6.15. The van der Waals surface area contributed by atoms with Gasteiger partial charge in [0.05, 0.1) is 26.7 Å². The summed E-state index contributed by atoms with van der Waals surface area (Å²) in [6.07, 6.45) is 0.862. The van der Waals surface area contributed by atoms with Crippen LogP contribution in [0, 0.1) is 0 Å². The van der Waals surface area contributed by atoms with Gasteiger partial charge in [-0.15, -0.1) is 0 Å². The van der Waals surface area contributed by atoms with E-state index in [2.05, 4.69) is 10.9 Å². The van der Waals surface area contributed by atoms with E-state index in [0.717, 1.165) is 28.5 Å². The smallest absolute Gasteiger partial charge is 0.269 e. The van der Waals surface area contributed by atoms with E-state index in [4.69, 9.17) is 14.2 Å². The van der Waals surface area contributed by atoms with Crippen LogP contribution in [0.3, 0.4) is 0 Å². The molecule has 0 radical (unpaired) electrons. The van der Waals surface area contributed by atoms with Crippen molar-refractivity contribution in [3.05, 3.63) is 65.7 Å². The molecule has 2 amide bonds. The summed E-state index contributed by atoms with van der Waals surface area (Å²) in [6.45, 7) is 4.35. The predicted octanol–water partition coefficient (Wildman–Crippen LogP) is 4.21. The summed E-state index contributed by atoms with van der Waals surface area (Å²) in [5.74, 6) is 0.579. The SMILES string of the molecule is CCCOc1ccc(C(=O)NNC(=O)[C@@H](C)c2ccc3cc(OC)ccc3c2)cc1OC. The molecular weight excluding hydrogens is 408 g/mol. The number of benzene rings is 3. The van der Waals surface area contributed by atoms with Crippen molar-refractivity contribution in [1.82, 2.24) is 10.9 Å². The number of rotatable bonds is 8. The fourth-order valence-corrected chi connectivity index (χ4v) is 3.23. The molecule has 7 heteroatoms. The Morgan fingerprint density at radius 2 is 1.62 bits per heavy atom. The molecule has 0 saturated heterocycles. The Hall–Kier alpha value is -3.74. The summed E-state index contributed by atoms with van der Waals surface area (Å²) in [5, 5.41) is 2.03. The van der Waals surface area contributed by atoms with Crippen LogP contribution in [0.15, 0.2) is 54.6 Å². The molecule has 3 aromatic carbocycles. The van der Waals surface area contributed by atoms with Crippen molar-refractivity contribution >= 4 is 22.6 Å². The lowest BCUT2D eigenvalue weighted by Gasteiger charge is -2.15. The molecule has 168 valence electrons. The molecule has 0 aliphatic heterocycles. The lowest BCUT2D eigenvalue weighted by atomic mass is 9.97. The van der Waals surface area contributed by atoms with E-state index >= 15 is 0 Å². The maximum Gasteiger partial charge on any atom is 0.269 e. The fourth-order valence-electron chi connectivity index (χ4n) is 3.23. The van der Waals surface area contributed by atoms with Crippen molar-refractivity contribution < 1.29 is 23.8 Å². The number of hydrazine groups is 1. The van der Waals surface area contributed by atoms with Gasteiger partial charge >= 0.3 is 0 Å². The molecule has 0 aliphatic carbocycles. The number of fused-ring (bicyclic) bond motifs is 1. The molecule has 1 atom stereocenters. The van der Waals surface area contributed by atoms with Crippen LogP contribution in [0.5, 0.6) is 17.2 Å². The molecule has 2 N–H and O–H groups in total. The molecule has 3 rings (SSSR count). The van der Waals surface area contributed by atoms with Gasteiger partial charge in [-0.1, -0.05) is 31.2 Å². The minimum absolute atomic E-state index is 0.318. The Labute approximate surface area is 187 Å². The maximum absolute atomic E-state index is 12.6. The molecule has 32 heavy (non-hydrogen) atoms. The van der Waals surface area contributed by atoms with E-state index in [1.165, 1.54) is 7.11 Å². The van der Waals surface area contributed by atoms with Crippen LogP contribution in [0.2, 0.25) is 0 Å². The zero-order valence-corrected chi connectivity index (χ0v) is 18.7. The first-order chi connectivity index (χ1) is 15.5. The van der Waals surface area contributed by atoms with Crippen LogP contribution < -0.4 is 25.1 Å². The molecule has 0 fully saturated rings. The Balaban J connectivity index is 1.64. The lowest BCUT2D eigenvalue weighted by Crippen LogP contribution is -2.43. The Kier molecular flexibility index (Phi) is 7.54. The summed E-state index contributed by atoms with van der Waals surface area (Å²) < 4.78 is 16.2. The molecule has 0 aromatic heterocycles. The zero-order chi connectivity index (χ0) is 23.1. The molecule has 7 nitrogen and oxygen atoms in total. The Morgan fingerprint density at radius 3 is 2.34 bits per heavy atom. The standard InChI is InChI=1S/C25H28N2O5/c1-5-12-32-22-11-9-20(15-23(22)31-4)25(29)27-26-24(28)16(2)17-6-7-19-14-21(30-3)10-8-18(19)13-17/h6-11,13-16H,5,12H2,1-4H3,(H,26,28)(H,27,29)/t16-/m0/s1. The minimum atomic E-state index is -0.457. The third kappa shape index (κ3) is 5.29. The van der Waals surface area contributed by atoms with E-state index < -0.39 is 11.8 Å². The van der Waals surface area contributed by atoms with Crippen molar-refractivity contribution in [3.8, 4) is 17.2 Å². The van der Waals surface area contributed by atoms with Crippen LogP contribution in [-0.2, 0) is 4.79 Å². The van der Waals surface area contributed by atoms with E-state index in [0.29, 0.717) is 23.7 Å². The molecule has 3 aromatic rings. The first kappa shape index (κ1) is 22.9. The molecule has 0 spiro atoms. The molecule has 0 saturated carbocycles. The largest absolute Gasteiger partial charge is 0.497 e. The molecule has 0 aliphatic rings. The van der Waals surface area contributed by atoms with Gasteiger partial charge in [-0.25, -0.2) is 0 Å². The van der Waals surface area contributed by atoms with Gasteiger partial charge < -0.3 is 14.2 Å². The van der Waals surface area contributed by atoms with Gasteiger partial charge in [0.1, 0.15) is 5.75 Å². The van der Waals surface area contributed by atoms with Gasteiger partial charge in [-0.2, -0.15) is 0 Å². The van der Waals surface area contributed by atoms with Gasteiger partial charge in [0.2, 0.25) is 5.91 Å². The number of carbonyl (C=O) groups is 2. The molecular formula is C25H28N2O5.